The smallest absolute Gasteiger partial charge is 0.271 e. The van der Waals surface area contributed by atoms with Crippen molar-refractivity contribution in [1.29, 1.82) is 5.26 Å². The van der Waals surface area contributed by atoms with Gasteiger partial charge in [0.25, 0.3) is 5.91 Å². The van der Waals surface area contributed by atoms with Gasteiger partial charge in [0.05, 0.1) is 28.3 Å². The summed E-state index contributed by atoms with van der Waals surface area (Å²) in [6.07, 6.45) is 1.84. The van der Waals surface area contributed by atoms with E-state index in [1.165, 1.54) is 11.3 Å². The van der Waals surface area contributed by atoms with Crippen LogP contribution in [0.3, 0.4) is 0 Å². The predicted octanol–water partition coefficient (Wildman–Crippen LogP) is 3.35. The molecule has 1 atom stereocenters. The molecule has 1 N–H and O–H groups in total. The van der Waals surface area contributed by atoms with Gasteiger partial charge in [0.1, 0.15) is 11.8 Å². The van der Waals surface area contributed by atoms with Gasteiger partial charge in [-0.25, -0.2) is 4.98 Å². The van der Waals surface area contributed by atoms with Crippen LogP contribution in [0.5, 0.6) is 0 Å². The Morgan fingerprint density at radius 2 is 2.32 bits per heavy atom. The zero-order valence-corrected chi connectivity index (χ0v) is 14.9. The summed E-state index contributed by atoms with van der Waals surface area (Å²) in [7, 11) is 0. The van der Waals surface area contributed by atoms with Crippen molar-refractivity contribution in [1.82, 2.24) is 20.1 Å². The van der Waals surface area contributed by atoms with Gasteiger partial charge < -0.3 is 5.32 Å². The summed E-state index contributed by atoms with van der Waals surface area (Å²) in [6.45, 7) is 2.43. The summed E-state index contributed by atoms with van der Waals surface area (Å²) < 4.78 is 1.76. The number of aromatic nitrogens is 3. The molecule has 6 nitrogen and oxygen atoms in total. The fraction of sp³-hybridized carbons (Fsp3) is 0.176. The Balaban J connectivity index is 1.66. The van der Waals surface area contributed by atoms with E-state index in [4.69, 9.17) is 16.9 Å². The van der Waals surface area contributed by atoms with E-state index in [-0.39, 0.29) is 11.9 Å². The van der Waals surface area contributed by atoms with Crippen LogP contribution in [0.25, 0.3) is 11.3 Å². The topological polar surface area (TPSA) is 83.6 Å². The van der Waals surface area contributed by atoms with Crippen molar-refractivity contribution in [2.45, 2.75) is 19.5 Å². The van der Waals surface area contributed by atoms with Gasteiger partial charge in [-0.15, -0.1) is 11.3 Å². The first kappa shape index (κ1) is 17.1. The number of rotatable bonds is 5. The zero-order chi connectivity index (χ0) is 17.8. The SMILES string of the molecule is C[C@@H](Cn1ccc(-c2ccc(C#N)c(Cl)c2)n1)NC(=O)c1cscn1. The molecular formula is C17H14ClN5OS. The summed E-state index contributed by atoms with van der Waals surface area (Å²) in [4.78, 5) is 16.0. The Morgan fingerprint density at radius 3 is 3.00 bits per heavy atom. The minimum atomic E-state index is -0.194. The Bertz CT molecular complexity index is 929. The molecule has 3 aromatic rings. The number of nitriles is 1. The molecule has 25 heavy (non-hydrogen) atoms. The van der Waals surface area contributed by atoms with Gasteiger partial charge in [-0.05, 0) is 25.1 Å². The van der Waals surface area contributed by atoms with E-state index in [2.05, 4.69) is 15.4 Å². The maximum Gasteiger partial charge on any atom is 0.271 e. The van der Waals surface area contributed by atoms with Crippen molar-refractivity contribution in [3.8, 4) is 17.3 Å². The third kappa shape index (κ3) is 4.05. The number of halogens is 1. The lowest BCUT2D eigenvalue weighted by Crippen LogP contribution is -2.35. The fourth-order valence-electron chi connectivity index (χ4n) is 2.33. The summed E-state index contributed by atoms with van der Waals surface area (Å²) in [5.74, 6) is -0.194. The number of nitrogens with one attached hydrogen (secondary N) is 1. The molecule has 1 amide bonds. The van der Waals surface area contributed by atoms with Crippen molar-refractivity contribution in [3.05, 3.63) is 57.6 Å². The maximum absolute atomic E-state index is 12.0. The first-order valence-electron chi connectivity index (χ1n) is 7.49. The molecule has 0 saturated heterocycles. The van der Waals surface area contributed by atoms with E-state index in [1.807, 2.05) is 31.3 Å². The van der Waals surface area contributed by atoms with Crippen LogP contribution in [0.2, 0.25) is 5.02 Å². The third-order valence-electron chi connectivity index (χ3n) is 3.53. The lowest BCUT2D eigenvalue weighted by atomic mass is 10.1. The van der Waals surface area contributed by atoms with Gasteiger partial charge in [-0.3, -0.25) is 9.48 Å². The van der Waals surface area contributed by atoms with Gasteiger partial charge in [0.2, 0.25) is 0 Å². The van der Waals surface area contributed by atoms with Crippen LogP contribution in [-0.2, 0) is 6.54 Å². The number of carbonyl (C=O) groups is 1. The van der Waals surface area contributed by atoms with Crippen molar-refractivity contribution < 1.29 is 4.79 Å². The van der Waals surface area contributed by atoms with Crippen LogP contribution >= 0.6 is 22.9 Å². The molecule has 0 fully saturated rings. The van der Waals surface area contributed by atoms with Gasteiger partial charge in [-0.1, -0.05) is 17.7 Å². The van der Waals surface area contributed by atoms with E-state index in [1.54, 1.807) is 27.7 Å². The highest BCUT2D eigenvalue weighted by molar-refractivity contribution is 7.07. The Kier molecular flexibility index (Phi) is 5.12. The average molecular weight is 372 g/mol. The predicted molar refractivity (Wildman–Crippen MR) is 96.4 cm³/mol. The molecule has 2 heterocycles. The standard InChI is InChI=1S/C17H14ClN5OS/c1-11(21-17(24)16-9-25-10-20-16)8-23-5-4-15(22-23)12-2-3-13(7-19)14(18)6-12/h2-6,9-11H,8H2,1H3,(H,21,24)/t11-/m0/s1. The van der Waals surface area contributed by atoms with Crippen LogP contribution in [0.4, 0.5) is 0 Å². The largest absolute Gasteiger partial charge is 0.346 e. The van der Waals surface area contributed by atoms with Crippen LogP contribution in [0, 0.1) is 11.3 Å². The first-order chi connectivity index (χ1) is 12.1. The summed E-state index contributed by atoms with van der Waals surface area (Å²) in [5, 5.41) is 18.4. The third-order valence-corrected chi connectivity index (χ3v) is 4.43. The van der Waals surface area contributed by atoms with Gasteiger partial charge >= 0.3 is 0 Å². The highest BCUT2D eigenvalue weighted by atomic mass is 35.5. The Labute approximate surface area is 153 Å². The van der Waals surface area contributed by atoms with E-state index in [9.17, 15) is 4.79 Å². The summed E-state index contributed by atoms with van der Waals surface area (Å²) in [5.41, 5.74) is 4.07. The molecule has 0 radical (unpaired) electrons. The zero-order valence-electron chi connectivity index (χ0n) is 13.3. The van der Waals surface area contributed by atoms with Crippen LogP contribution in [-0.4, -0.2) is 26.7 Å². The number of nitrogens with zero attached hydrogens (tertiary/aromatic N) is 4. The van der Waals surface area contributed by atoms with Crippen molar-refractivity contribution in [2.24, 2.45) is 0 Å². The molecule has 126 valence electrons. The number of benzene rings is 1. The van der Waals surface area contributed by atoms with E-state index >= 15 is 0 Å². The molecule has 8 heteroatoms. The second kappa shape index (κ2) is 7.47. The lowest BCUT2D eigenvalue weighted by molar-refractivity contribution is 0.0931. The normalized spacial score (nSPS) is 11.7. The molecule has 0 aliphatic rings. The number of hydrogen-bond acceptors (Lipinski definition) is 5. The number of thiazole rings is 1. The van der Waals surface area contributed by atoms with Gasteiger partial charge in [0.15, 0.2) is 0 Å². The van der Waals surface area contributed by atoms with Crippen LogP contribution in [0.1, 0.15) is 23.0 Å². The molecule has 0 aliphatic heterocycles. The molecular weight excluding hydrogens is 358 g/mol. The highest BCUT2D eigenvalue weighted by Gasteiger charge is 2.13. The van der Waals surface area contributed by atoms with Crippen molar-refractivity contribution in [2.75, 3.05) is 0 Å². The minimum Gasteiger partial charge on any atom is -0.346 e. The Hall–Kier alpha value is -2.69. The molecule has 0 saturated carbocycles. The molecule has 0 aliphatic carbocycles. The molecule has 1 aromatic carbocycles. The maximum atomic E-state index is 12.0. The molecule has 3 rings (SSSR count). The minimum absolute atomic E-state index is 0.105. The van der Waals surface area contributed by atoms with E-state index < -0.39 is 0 Å². The molecule has 2 aromatic heterocycles. The molecule has 0 bridgehead atoms. The molecule has 0 unspecified atom stereocenters. The number of carbonyl (C=O) groups excluding carboxylic acids is 1. The quantitative estimate of drug-likeness (QED) is 0.745. The van der Waals surface area contributed by atoms with Gasteiger partial charge in [-0.2, -0.15) is 10.4 Å². The van der Waals surface area contributed by atoms with Gasteiger partial charge in [0, 0.05) is 23.2 Å². The van der Waals surface area contributed by atoms with E-state index in [0.717, 1.165) is 11.3 Å². The molecule has 0 spiro atoms. The number of amides is 1. The lowest BCUT2D eigenvalue weighted by Gasteiger charge is -2.13. The summed E-state index contributed by atoms with van der Waals surface area (Å²) >= 11 is 7.45. The van der Waals surface area contributed by atoms with Crippen molar-refractivity contribution in [3.63, 3.8) is 0 Å². The van der Waals surface area contributed by atoms with Crippen LogP contribution in [0.15, 0.2) is 41.4 Å². The second-order valence-electron chi connectivity index (χ2n) is 5.48. The fourth-order valence-corrected chi connectivity index (χ4v) is 3.09. The first-order valence-corrected chi connectivity index (χ1v) is 8.81. The number of hydrogen-bond donors (Lipinski definition) is 1. The monoisotopic (exact) mass is 371 g/mol. The van der Waals surface area contributed by atoms with E-state index in [0.29, 0.717) is 22.8 Å². The van der Waals surface area contributed by atoms with Crippen LogP contribution < -0.4 is 5.32 Å². The highest BCUT2D eigenvalue weighted by Crippen LogP contribution is 2.24. The Morgan fingerprint density at radius 1 is 1.48 bits per heavy atom. The second-order valence-corrected chi connectivity index (χ2v) is 6.60. The average Bonchev–Trinajstić information content (AvgIpc) is 3.26. The van der Waals surface area contributed by atoms with Crippen molar-refractivity contribution >= 4 is 28.8 Å². The summed E-state index contributed by atoms with van der Waals surface area (Å²) in [6, 6.07) is 9.00.